The Labute approximate surface area is 115 Å². The Morgan fingerprint density at radius 1 is 1.21 bits per heavy atom. The first kappa shape index (κ1) is 14.4. The number of ether oxygens (including phenoxy) is 1. The monoisotopic (exact) mass is 263 g/mol. The van der Waals surface area contributed by atoms with E-state index in [0.29, 0.717) is 6.61 Å². The second kappa shape index (κ2) is 6.40. The first-order valence-corrected chi connectivity index (χ1v) is 7.34. The molecule has 0 saturated heterocycles. The van der Waals surface area contributed by atoms with Crippen molar-refractivity contribution in [2.45, 2.75) is 57.1 Å². The van der Waals surface area contributed by atoms with Crippen LogP contribution in [0.1, 0.15) is 57.1 Å². The molecule has 1 saturated carbocycles. The van der Waals surface area contributed by atoms with Crippen LogP contribution in [0.2, 0.25) is 0 Å². The van der Waals surface area contributed by atoms with Gasteiger partial charge < -0.3 is 15.6 Å². The molecule has 106 valence electrons. The van der Waals surface area contributed by atoms with Gasteiger partial charge in [0, 0.05) is 6.04 Å². The molecular formula is C16H25NO2. The molecule has 0 spiro atoms. The van der Waals surface area contributed by atoms with Crippen molar-refractivity contribution in [3.8, 4) is 5.75 Å². The van der Waals surface area contributed by atoms with Gasteiger partial charge in [0.05, 0.1) is 5.60 Å². The molecule has 3 heteroatoms. The molecule has 1 atom stereocenters. The average Bonchev–Trinajstić information content (AvgIpc) is 2.46. The van der Waals surface area contributed by atoms with Gasteiger partial charge in [-0.3, -0.25) is 0 Å². The summed E-state index contributed by atoms with van der Waals surface area (Å²) in [6, 6.07) is 7.99. The van der Waals surface area contributed by atoms with Gasteiger partial charge in [-0.25, -0.2) is 0 Å². The predicted octanol–water partition coefficient (Wildman–Crippen LogP) is 3.17. The molecule has 1 aromatic rings. The average molecular weight is 263 g/mol. The third-order valence-electron chi connectivity index (χ3n) is 4.04. The Morgan fingerprint density at radius 2 is 1.84 bits per heavy atom. The SMILES string of the molecule is CCC(N)c1ccc(OCC2(O)CCCCC2)cc1. The number of benzene rings is 1. The van der Waals surface area contributed by atoms with E-state index in [1.165, 1.54) is 6.42 Å². The fraction of sp³-hybridized carbons (Fsp3) is 0.625. The van der Waals surface area contributed by atoms with Crippen molar-refractivity contribution in [2.75, 3.05) is 6.61 Å². The highest BCUT2D eigenvalue weighted by molar-refractivity contribution is 5.29. The number of rotatable bonds is 5. The van der Waals surface area contributed by atoms with Crippen LogP contribution in [0, 0.1) is 0 Å². The van der Waals surface area contributed by atoms with Crippen LogP contribution in [0.4, 0.5) is 0 Å². The van der Waals surface area contributed by atoms with Crippen LogP contribution >= 0.6 is 0 Å². The molecule has 0 aromatic heterocycles. The van der Waals surface area contributed by atoms with Crippen molar-refractivity contribution in [1.82, 2.24) is 0 Å². The summed E-state index contributed by atoms with van der Waals surface area (Å²) in [6.07, 6.45) is 6.07. The summed E-state index contributed by atoms with van der Waals surface area (Å²) in [7, 11) is 0. The van der Waals surface area contributed by atoms with Crippen LogP contribution < -0.4 is 10.5 Å². The molecular weight excluding hydrogens is 238 g/mol. The molecule has 19 heavy (non-hydrogen) atoms. The summed E-state index contributed by atoms with van der Waals surface area (Å²) >= 11 is 0. The van der Waals surface area contributed by atoms with Crippen molar-refractivity contribution in [3.05, 3.63) is 29.8 Å². The maximum atomic E-state index is 10.4. The van der Waals surface area contributed by atoms with Crippen LogP contribution in [0.3, 0.4) is 0 Å². The van der Waals surface area contributed by atoms with E-state index in [9.17, 15) is 5.11 Å². The summed E-state index contributed by atoms with van der Waals surface area (Å²) in [5.74, 6) is 0.811. The minimum Gasteiger partial charge on any atom is -0.491 e. The van der Waals surface area contributed by atoms with Gasteiger partial charge in [-0.05, 0) is 37.0 Å². The van der Waals surface area contributed by atoms with E-state index in [1.807, 2.05) is 24.3 Å². The molecule has 1 fully saturated rings. The molecule has 2 rings (SSSR count). The predicted molar refractivity (Wildman–Crippen MR) is 77.2 cm³/mol. The van der Waals surface area contributed by atoms with Crippen LogP contribution in [-0.2, 0) is 0 Å². The van der Waals surface area contributed by atoms with Crippen molar-refractivity contribution in [1.29, 1.82) is 0 Å². The highest BCUT2D eigenvalue weighted by atomic mass is 16.5. The molecule has 3 nitrogen and oxygen atoms in total. The fourth-order valence-corrected chi connectivity index (χ4v) is 2.62. The molecule has 1 unspecified atom stereocenters. The highest BCUT2D eigenvalue weighted by Gasteiger charge is 2.29. The van der Waals surface area contributed by atoms with Gasteiger partial charge in [-0.2, -0.15) is 0 Å². The van der Waals surface area contributed by atoms with Crippen molar-refractivity contribution in [2.24, 2.45) is 5.73 Å². The standard InChI is InChI=1S/C16H25NO2/c1-2-15(17)13-6-8-14(9-7-13)19-12-16(18)10-4-3-5-11-16/h6-9,15,18H,2-5,10-12,17H2,1H3. The topological polar surface area (TPSA) is 55.5 Å². The first-order valence-electron chi connectivity index (χ1n) is 7.34. The molecule has 0 radical (unpaired) electrons. The zero-order valence-corrected chi connectivity index (χ0v) is 11.8. The maximum Gasteiger partial charge on any atom is 0.119 e. The number of hydrogen-bond acceptors (Lipinski definition) is 3. The lowest BCUT2D eigenvalue weighted by molar-refractivity contribution is -0.0339. The molecule has 0 amide bonds. The van der Waals surface area contributed by atoms with E-state index >= 15 is 0 Å². The largest absolute Gasteiger partial charge is 0.491 e. The second-order valence-corrected chi connectivity index (χ2v) is 5.66. The lowest BCUT2D eigenvalue weighted by atomic mass is 9.85. The zero-order chi connectivity index (χ0) is 13.7. The molecule has 1 aliphatic carbocycles. The number of aliphatic hydroxyl groups is 1. The van der Waals surface area contributed by atoms with Gasteiger partial charge in [0.15, 0.2) is 0 Å². The van der Waals surface area contributed by atoms with Crippen LogP contribution in [0.15, 0.2) is 24.3 Å². The molecule has 0 aliphatic heterocycles. The van der Waals surface area contributed by atoms with E-state index in [1.54, 1.807) is 0 Å². The number of hydrogen-bond donors (Lipinski definition) is 2. The molecule has 3 N–H and O–H groups in total. The quantitative estimate of drug-likeness (QED) is 0.858. The summed E-state index contributed by atoms with van der Waals surface area (Å²) in [5, 5.41) is 10.4. The van der Waals surface area contributed by atoms with Gasteiger partial charge in [0.2, 0.25) is 0 Å². The summed E-state index contributed by atoms with van der Waals surface area (Å²) in [5.41, 5.74) is 6.48. The lowest BCUT2D eigenvalue weighted by Gasteiger charge is -2.31. The second-order valence-electron chi connectivity index (χ2n) is 5.66. The minimum absolute atomic E-state index is 0.0941. The maximum absolute atomic E-state index is 10.4. The van der Waals surface area contributed by atoms with Crippen molar-refractivity contribution in [3.63, 3.8) is 0 Å². The molecule has 1 aliphatic rings. The van der Waals surface area contributed by atoms with E-state index in [2.05, 4.69) is 6.92 Å². The van der Waals surface area contributed by atoms with E-state index in [0.717, 1.165) is 43.4 Å². The Balaban J connectivity index is 1.89. The highest BCUT2D eigenvalue weighted by Crippen LogP contribution is 2.29. The normalized spacial score (nSPS) is 19.9. The van der Waals surface area contributed by atoms with Crippen LogP contribution in [-0.4, -0.2) is 17.3 Å². The van der Waals surface area contributed by atoms with Crippen molar-refractivity contribution >= 4 is 0 Å². The zero-order valence-electron chi connectivity index (χ0n) is 11.8. The van der Waals surface area contributed by atoms with Gasteiger partial charge in [0.1, 0.15) is 12.4 Å². The van der Waals surface area contributed by atoms with Gasteiger partial charge in [-0.1, -0.05) is 38.3 Å². The van der Waals surface area contributed by atoms with Gasteiger partial charge in [0.25, 0.3) is 0 Å². The van der Waals surface area contributed by atoms with E-state index < -0.39 is 5.60 Å². The molecule has 0 bridgehead atoms. The van der Waals surface area contributed by atoms with Crippen LogP contribution in [0.25, 0.3) is 0 Å². The van der Waals surface area contributed by atoms with Gasteiger partial charge in [-0.15, -0.1) is 0 Å². The number of nitrogens with two attached hydrogens (primary N) is 1. The Bertz CT molecular complexity index is 382. The van der Waals surface area contributed by atoms with E-state index in [-0.39, 0.29) is 6.04 Å². The lowest BCUT2D eigenvalue weighted by Crippen LogP contribution is -2.37. The Kier molecular flexibility index (Phi) is 4.83. The third kappa shape index (κ3) is 3.95. The Hall–Kier alpha value is -1.06. The van der Waals surface area contributed by atoms with Crippen molar-refractivity contribution < 1.29 is 9.84 Å². The van der Waals surface area contributed by atoms with E-state index in [4.69, 9.17) is 10.5 Å². The van der Waals surface area contributed by atoms with Gasteiger partial charge >= 0.3 is 0 Å². The Morgan fingerprint density at radius 3 is 2.42 bits per heavy atom. The summed E-state index contributed by atoms with van der Waals surface area (Å²) < 4.78 is 5.73. The molecule has 0 heterocycles. The summed E-state index contributed by atoms with van der Waals surface area (Å²) in [4.78, 5) is 0. The third-order valence-corrected chi connectivity index (χ3v) is 4.04. The minimum atomic E-state index is -0.628. The summed E-state index contributed by atoms with van der Waals surface area (Å²) in [6.45, 7) is 2.47. The molecule has 1 aromatic carbocycles. The smallest absolute Gasteiger partial charge is 0.119 e. The first-order chi connectivity index (χ1) is 9.13. The van der Waals surface area contributed by atoms with Crippen LogP contribution in [0.5, 0.6) is 5.75 Å². The fourth-order valence-electron chi connectivity index (χ4n) is 2.62.